The number of carboxylic acid groups (broad SMARTS) is 1. The zero-order valence-electron chi connectivity index (χ0n) is 16.4. The fraction of sp³-hybridized carbons (Fsp3) is 0.476. The van der Waals surface area contributed by atoms with E-state index in [1.165, 1.54) is 16.7 Å². The standard InChI is InChI=1S/C21H24N2O5S/c1-3-10-28-14-7-5-4-6-13(14)21(8-9-21)20(27)22-15-17(24)23-16(19(25)26)12(2)11-29-18(15)23/h4-7,15,18H,3,8-11H2,1-2H3,(H,22,27)(H,25,26)/t15-,18-/m1/s1. The largest absolute Gasteiger partial charge is 0.493 e. The van der Waals surface area contributed by atoms with Gasteiger partial charge in [-0.05, 0) is 37.8 Å². The number of ether oxygens (including phenoxy) is 1. The van der Waals surface area contributed by atoms with E-state index < -0.39 is 17.4 Å². The Bertz CT molecular complexity index is 908. The number of carbonyl (C=O) groups is 3. The predicted molar refractivity (Wildman–Crippen MR) is 108 cm³/mol. The van der Waals surface area contributed by atoms with E-state index in [1.54, 1.807) is 6.92 Å². The topological polar surface area (TPSA) is 95.9 Å². The van der Waals surface area contributed by atoms with Crippen LogP contribution in [0.4, 0.5) is 0 Å². The summed E-state index contributed by atoms with van der Waals surface area (Å²) in [5, 5.41) is 12.0. The first-order valence-electron chi connectivity index (χ1n) is 9.81. The number of para-hydroxylation sites is 1. The van der Waals surface area contributed by atoms with Gasteiger partial charge in [0.25, 0.3) is 5.91 Å². The predicted octanol–water partition coefficient (Wildman–Crippen LogP) is 2.27. The normalized spacial score (nSPS) is 24.5. The van der Waals surface area contributed by atoms with Gasteiger partial charge in [0, 0.05) is 11.3 Å². The molecule has 0 aromatic heterocycles. The summed E-state index contributed by atoms with van der Waals surface area (Å²) in [6.07, 6.45) is 2.28. The lowest BCUT2D eigenvalue weighted by Gasteiger charge is -2.49. The second-order valence-corrected chi connectivity index (χ2v) is 8.83. The number of β-lactam (4-membered cyclic amide) rings is 1. The molecule has 1 saturated heterocycles. The van der Waals surface area contributed by atoms with Crippen molar-refractivity contribution in [2.75, 3.05) is 12.4 Å². The van der Waals surface area contributed by atoms with Crippen molar-refractivity contribution >= 4 is 29.5 Å². The molecule has 154 valence electrons. The van der Waals surface area contributed by atoms with Gasteiger partial charge in [-0.3, -0.25) is 14.5 Å². The lowest BCUT2D eigenvalue weighted by molar-refractivity contribution is -0.151. The van der Waals surface area contributed by atoms with Crippen LogP contribution in [0.5, 0.6) is 5.75 Å². The van der Waals surface area contributed by atoms with Gasteiger partial charge in [0.2, 0.25) is 5.91 Å². The summed E-state index contributed by atoms with van der Waals surface area (Å²) in [7, 11) is 0. The van der Waals surface area contributed by atoms with Crippen molar-refractivity contribution in [3.63, 3.8) is 0 Å². The molecule has 2 aliphatic heterocycles. The fourth-order valence-corrected chi connectivity index (χ4v) is 5.29. The van der Waals surface area contributed by atoms with Crippen molar-refractivity contribution in [3.05, 3.63) is 41.1 Å². The minimum absolute atomic E-state index is 0.0451. The SMILES string of the molecule is CCCOc1ccccc1C1(C(=O)N[C@@H]2C(=O)N3C(C(=O)O)=C(C)CS[C@H]23)CC1. The fourth-order valence-electron chi connectivity index (χ4n) is 4.00. The van der Waals surface area contributed by atoms with E-state index in [0.29, 0.717) is 36.5 Å². The Morgan fingerprint density at radius 2 is 2.07 bits per heavy atom. The lowest BCUT2D eigenvalue weighted by Crippen LogP contribution is -2.71. The van der Waals surface area contributed by atoms with Gasteiger partial charge < -0.3 is 15.2 Å². The second-order valence-electron chi connectivity index (χ2n) is 7.72. The summed E-state index contributed by atoms with van der Waals surface area (Å²) in [4.78, 5) is 38.7. The number of thioether (sulfide) groups is 1. The number of hydrogen-bond donors (Lipinski definition) is 2. The van der Waals surface area contributed by atoms with Crippen molar-refractivity contribution in [1.29, 1.82) is 0 Å². The van der Waals surface area contributed by atoms with Crippen molar-refractivity contribution in [2.45, 2.75) is 49.9 Å². The van der Waals surface area contributed by atoms with Gasteiger partial charge in [0.15, 0.2) is 0 Å². The van der Waals surface area contributed by atoms with E-state index in [1.807, 2.05) is 31.2 Å². The third-order valence-electron chi connectivity index (χ3n) is 5.70. The quantitative estimate of drug-likeness (QED) is 0.662. The molecule has 1 aromatic rings. The molecule has 0 radical (unpaired) electrons. The summed E-state index contributed by atoms with van der Waals surface area (Å²) >= 11 is 1.48. The van der Waals surface area contributed by atoms with Crippen LogP contribution in [0.1, 0.15) is 38.7 Å². The Labute approximate surface area is 173 Å². The molecule has 8 heteroatoms. The number of aliphatic carboxylic acids is 1. The maximum atomic E-state index is 13.2. The van der Waals surface area contributed by atoms with Crippen LogP contribution >= 0.6 is 11.8 Å². The molecule has 2 N–H and O–H groups in total. The van der Waals surface area contributed by atoms with Gasteiger partial charge in [-0.15, -0.1) is 11.8 Å². The number of hydrogen-bond acceptors (Lipinski definition) is 5. The Hall–Kier alpha value is -2.48. The third-order valence-corrected chi connectivity index (χ3v) is 7.12. The molecular formula is C21H24N2O5S. The monoisotopic (exact) mass is 416 g/mol. The minimum atomic E-state index is -1.11. The van der Waals surface area contributed by atoms with E-state index >= 15 is 0 Å². The second kappa shape index (κ2) is 7.40. The van der Waals surface area contributed by atoms with E-state index in [4.69, 9.17) is 4.74 Å². The van der Waals surface area contributed by atoms with Gasteiger partial charge in [-0.2, -0.15) is 0 Å². The number of nitrogens with zero attached hydrogens (tertiary/aromatic N) is 1. The van der Waals surface area contributed by atoms with E-state index in [0.717, 1.165) is 12.0 Å². The zero-order chi connectivity index (χ0) is 20.8. The molecule has 0 unspecified atom stereocenters. The summed E-state index contributed by atoms with van der Waals surface area (Å²) in [6.45, 7) is 4.32. The van der Waals surface area contributed by atoms with Crippen LogP contribution in [-0.4, -0.2) is 51.6 Å². The molecule has 2 fully saturated rings. The van der Waals surface area contributed by atoms with Crippen LogP contribution < -0.4 is 10.1 Å². The number of benzene rings is 1. The summed E-state index contributed by atoms with van der Waals surface area (Å²) in [6, 6.07) is 6.86. The molecule has 1 saturated carbocycles. The molecule has 2 atom stereocenters. The Morgan fingerprint density at radius 1 is 1.34 bits per heavy atom. The number of rotatable bonds is 7. The number of carbonyl (C=O) groups excluding carboxylic acids is 2. The highest BCUT2D eigenvalue weighted by Crippen LogP contribution is 2.52. The molecule has 29 heavy (non-hydrogen) atoms. The molecule has 7 nitrogen and oxygen atoms in total. The van der Waals surface area contributed by atoms with Crippen molar-refractivity contribution < 1.29 is 24.2 Å². The van der Waals surface area contributed by atoms with Crippen LogP contribution in [0, 0.1) is 0 Å². The van der Waals surface area contributed by atoms with E-state index in [2.05, 4.69) is 5.32 Å². The van der Waals surface area contributed by atoms with Gasteiger partial charge >= 0.3 is 5.97 Å². The van der Waals surface area contributed by atoms with E-state index in [-0.39, 0.29) is 22.9 Å². The molecule has 1 aromatic carbocycles. The Morgan fingerprint density at radius 3 is 2.72 bits per heavy atom. The first-order chi connectivity index (χ1) is 13.9. The van der Waals surface area contributed by atoms with Crippen LogP contribution in [0.15, 0.2) is 35.5 Å². The molecule has 2 heterocycles. The molecule has 3 aliphatic rings. The summed E-state index contributed by atoms with van der Waals surface area (Å²) in [5.41, 5.74) is 0.889. The number of carboxylic acids is 1. The Balaban J connectivity index is 1.52. The summed E-state index contributed by atoms with van der Waals surface area (Å²) < 4.78 is 5.84. The zero-order valence-corrected chi connectivity index (χ0v) is 17.3. The average Bonchev–Trinajstić information content (AvgIpc) is 3.52. The first-order valence-corrected chi connectivity index (χ1v) is 10.9. The molecule has 0 bridgehead atoms. The van der Waals surface area contributed by atoms with Crippen molar-refractivity contribution in [1.82, 2.24) is 10.2 Å². The molecule has 4 rings (SSSR count). The molecule has 1 aliphatic carbocycles. The maximum Gasteiger partial charge on any atom is 0.352 e. The number of nitrogens with one attached hydrogen (secondary N) is 1. The summed E-state index contributed by atoms with van der Waals surface area (Å²) in [5.74, 6) is -0.416. The van der Waals surface area contributed by atoms with Crippen LogP contribution in [0.3, 0.4) is 0 Å². The minimum Gasteiger partial charge on any atom is -0.493 e. The van der Waals surface area contributed by atoms with Crippen molar-refractivity contribution in [3.8, 4) is 5.75 Å². The lowest BCUT2D eigenvalue weighted by atomic mass is 9.92. The van der Waals surface area contributed by atoms with Gasteiger partial charge in [-0.1, -0.05) is 25.1 Å². The highest BCUT2D eigenvalue weighted by Gasteiger charge is 2.58. The molecule has 0 spiro atoms. The Kier molecular flexibility index (Phi) is 5.06. The van der Waals surface area contributed by atoms with Crippen LogP contribution in [-0.2, 0) is 19.8 Å². The van der Waals surface area contributed by atoms with Gasteiger partial charge in [-0.25, -0.2) is 4.79 Å². The van der Waals surface area contributed by atoms with Gasteiger partial charge in [0.05, 0.1) is 12.0 Å². The molecule has 2 amide bonds. The first kappa shape index (κ1) is 19.8. The number of amides is 2. The van der Waals surface area contributed by atoms with Crippen LogP contribution in [0.25, 0.3) is 0 Å². The molecular weight excluding hydrogens is 392 g/mol. The van der Waals surface area contributed by atoms with Gasteiger partial charge in [0.1, 0.15) is 22.9 Å². The maximum absolute atomic E-state index is 13.2. The van der Waals surface area contributed by atoms with E-state index in [9.17, 15) is 19.5 Å². The smallest absolute Gasteiger partial charge is 0.352 e. The third kappa shape index (κ3) is 3.19. The number of fused-ring (bicyclic) bond motifs is 1. The van der Waals surface area contributed by atoms with Crippen LogP contribution in [0.2, 0.25) is 0 Å². The highest BCUT2D eigenvalue weighted by molar-refractivity contribution is 8.00. The average molecular weight is 416 g/mol. The van der Waals surface area contributed by atoms with Crippen molar-refractivity contribution in [2.24, 2.45) is 0 Å². The highest BCUT2D eigenvalue weighted by atomic mass is 32.2.